The molecule has 0 aromatic heterocycles. The van der Waals surface area contributed by atoms with Gasteiger partial charge in [0.05, 0.1) is 12.5 Å². The van der Waals surface area contributed by atoms with E-state index in [2.05, 4.69) is 36.4 Å². The molecule has 1 aliphatic rings. The number of rotatable bonds is 4. The van der Waals surface area contributed by atoms with Gasteiger partial charge in [0, 0.05) is 0 Å². The predicted molar refractivity (Wildman–Crippen MR) is 79.4 cm³/mol. The zero-order valence-corrected chi connectivity index (χ0v) is 11.6. The summed E-state index contributed by atoms with van der Waals surface area (Å²) in [6.45, 7) is 2.32. The molecule has 2 heteroatoms. The van der Waals surface area contributed by atoms with Crippen molar-refractivity contribution in [2.45, 2.75) is 19.3 Å². The van der Waals surface area contributed by atoms with Gasteiger partial charge in [-0.1, -0.05) is 54.6 Å². The standard InChI is InChI=1S/C18H18O2/c1-2-20-18(19)17-12-16(17)15-10-8-14(9-11-15)13-6-4-3-5-7-13/h3-11,16-17H,2,12H2,1H3/t16-,17-/m1/s1. The molecule has 2 atom stereocenters. The van der Waals surface area contributed by atoms with Gasteiger partial charge in [-0.15, -0.1) is 0 Å². The fraction of sp³-hybridized carbons (Fsp3) is 0.278. The highest BCUT2D eigenvalue weighted by atomic mass is 16.5. The molecule has 1 fully saturated rings. The lowest BCUT2D eigenvalue weighted by atomic mass is 10.0. The minimum Gasteiger partial charge on any atom is -0.466 e. The first kappa shape index (κ1) is 12.9. The van der Waals surface area contributed by atoms with Crippen molar-refractivity contribution in [3.05, 3.63) is 60.2 Å². The van der Waals surface area contributed by atoms with Gasteiger partial charge in [-0.25, -0.2) is 0 Å². The molecule has 1 aliphatic carbocycles. The Morgan fingerprint density at radius 3 is 2.35 bits per heavy atom. The van der Waals surface area contributed by atoms with Crippen LogP contribution >= 0.6 is 0 Å². The highest BCUT2D eigenvalue weighted by Crippen LogP contribution is 2.48. The Labute approximate surface area is 119 Å². The summed E-state index contributed by atoms with van der Waals surface area (Å²) in [5.41, 5.74) is 3.67. The van der Waals surface area contributed by atoms with Crippen molar-refractivity contribution >= 4 is 5.97 Å². The van der Waals surface area contributed by atoms with Gasteiger partial charge < -0.3 is 4.74 Å². The van der Waals surface area contributed by atoms with Gasteiger partial charge in [0.25, 0.3) is 0 Å². The molecule has 0 unspecified atom stereocenters. The molecule has 0 spiro atoms. The molecule has 2 aromatic rings. The van der Waals surface area contributed by atoms with Crippen LogP contribution in [-0.4, -0.2) is 12.6 Å². The third-order valence-electron chi connectivity index (χ3n) is 3.83. The van der Waals surface area contributed by atoms with Crippen LogP contribution in [0.2, 0.25) is 0 Å². The van der Waals surface area contributed by atoms with Gasteiger partial charge in [-0.05, 0) is 36.0 Å². The van der Waals surface area contributed by atoms with Gasteiger partial charge in [0.2, 0.25) is 0 Å². The normalized spacial score (nSPS) is 20.4. The molecule has 2 nitrogen and oxygen atoms in total. The van der Waals surface area contributed by atoms with E-state index in [0.717, 1.165) is 6.42 Å². The van der Waals surface area contributed by atoms with E-state index in [1.807, 2.05) is 25.1 Å². The van der Waals surface area contributed by atoms with E-state index >= 15 is 0 Å². The number of esters is 1. The second-order valence-electron chi connectivity index (χ2n) is 5.19. The van der Waals surface area contributed by atoms with E-state index in [-0.39, 0.29) is 11.9 Å². The lowest BCUT2D eigenvalue weighted by Gasteiger charge is -2.04. The zero-order chi connectivity index (χ0) is 13.9. The molecule has 0 saturated heterocycles. The topological polar surface area (TPSA) is 26.3 Å². The van der Waals surface area contributed by atoms with Crippen LogP contribution in [0.1, 0.15) is 24.8 Å². The van der Waals surface area contributed by atoms with Crippen molar-refractivity contribution in [3.8, 4) is 11.1 Å². The van der Waals surface area contributed by atoms with Crippen LogP contribution < -0.4 is 0 Å². The fourth-order valence-electron chi connectivity index (χ4n) is 2.63. The maximum absolute atomic E-state index is 11.7. The van der Waals surface area contributed by atoms with E-state index in [0.29, 0.717) is 12.5 Å². The minimum absolute atomic E-state index is 0.0513. The van der Waals surface area contributed by atoms with Crippen LogP contribution in [0, 0.1) is 5.92 Å². The lowest BCUT2D eigenvalue weighted by Crippen LogP contribution is -2.07. The highest BCUT2D eigenvalue weighted by Gasteiger charge is 2.44. The Balaban J connectivity index is 1.71. The highest BCUT2D eigenvalue weighted by molar-refractivity contribution is 5.77. The molecule has 0 N–H and O–H groups in total. The summed E-state index contributed by atoms with van der Waals surface area (Å²) >= 11 is 0. The molecule has 2 aromatic carbocycles. The van der Waals surface area contributed by atoms with Gasteiger partial charge in [-0.3, -0.25) is 4.79 Å². The molecule has 0 radical (unpaired) electrons. The Hall–Kier alpha value is -2.09. The van der Waals surface area contributed by atoms with Gasteiger partial charge in [0.15, 0.2) is 0 Å². The summed E-state index contributed by atoms with van der Waals surface area (Å²) < 4.78 is 5.07. The smallest absolute Gasteiger partial charge is 0.309 e. The molecule has 0 bridgehead atoms. The summed E-state index contributed by atoms with van der Waals surface area (Å²) in [6.07, 6.45) is 0.920. The first-order chi connectivity index (χ1) is 9.79. The Morgan fingerprint density at radius 1 is 1.05 bits per heavy atom. The maximum Gasteiger partial charge on any atom is 0.309 e. The minimum atomic E-state index is -0.0513. The number of hydrogen-bond acceptors (Lipinski definition) is 2. The molecular weight excluding hydrogens is 248 g/mol. The van der Waals surface area contributed by atoms with Crippen LogP contribution in [0.4, 0.5) is 0 Å². The number of benzene rings is 2. The van der Waals surface area contributed by atoms with Gasteiger partial charge >= 0.3 is 5.97 Å². The molecule has 1 saturated carbocycles. The molecule has 0 heterocycles. The van der Waals surface area contributed by atoms with E-state index in [1.54, 1.807) is 0 Å². The first-order valence-electron chi connectivity index (χ1n) is 7.11. The van der Waals surface area contributed by atoms with E-state index < -0.39 is 0 Å². The van der Waals surface area contributed by atoms with Crippen molar-refractivity contribution in [2.24, 2.45) is 5.92 Å². The van der Waals surface area contributed by atoms with Crippen molar-refractivity contribution in [1.29, 1.82) is 0 Å². The van der Waals surface area contributed by atoms with Crippen LogP contribution in [0.5, 0.6) is 0 Å². The summed E-state index contributed by atoms with van der Waals surface area (Å²) in [5, 5.41) is 0. The quantitative estimate of drug-likeness (QED) is 0.781. The van der Waals surface area contributed by atoms with Crippen molar-refractivity contribution in [3.63, 3.8) is 0 Å². The molecule has 0 amide bonds. The third kappa shape index (κ3) is 2.60. The van der Waals surface area contributed by atoms with Crippen LogP contribution in [0.3, 0.4) is 0 Å². The van der Waals surface area contributed by atoms with Crippen molar-refractivity contribution in [2.75, 3.05) is 6.61 Å². The molecule has 20 heavy (non-hydrogen) atoms. The van der Waals surface area contributed by atoms with Crippen molar-refractivity contribution < 1.29 is 9.53 Å². The lowest BCUT2D eigenvalue weighted by molar-refractivity contribution is -0.144. The zero-order valence-electron chi connectivity index (χ0n) is 11.6. The molecule has 0 aliphatic heterocycles. The number of hydrogen-bond donors (Lipinski definition) is 0. The van der Waals surface area contributed by atoms with E-state index in [1.165, 1.54) is 16.7 Å². The maximum atomic E-state index is 11.7. The number of carbonyl (C=O) groups is 1. The summed E-state index contributed by atoms with van der Waals surface area (Å²) in [4.78, 5) is 11.7. The van der Waals surface area contributed by atoms with E-state index in [9.17, 15) is 4.79 Å². The third-order valence-corrected chi connectivity index (χ3v) is 3.83. The van der Waals surface area contributed by atoms with E-state index in [4.69, 9.17) is 4.74 Å². The van der Waals surface area contributed by atoms with Crippen LogP contribution in [0.15, 0.2) is 54.6 Å². The average molecular weight is 266 g/mol. The predicted octanol–water partition coefficient (Wildman–Crippen LogP) is 4.02. The molecular formula is C18H18O2. The van der Waals surface area contributed by atoms with Crippen LogP contribution in [0.25, 0.3) is 11.1 Å². The van der Waals surface area contributed by atoms with Crippen LogP contribution in [-0.2, 0) is 9.53 Å². The first-order valence-corrected chi connectivity index (χ1v) is 7.11. The average Bonchev–Trinajstić information content (AvgIpc) is 3.29. The number of carbonyl (C=O) groups excluding carboxylic acids is 1. The SMILES string of the molecule is CCOC(=O)[C@@H]1C[C@@H]1c1ccc(-c2ccccc2)cc1. The Morgan fingerprint density at radius 2 is 1.70 bits per heavy atom. The van der Waals surface area contributed by atoms with Crippen molar-refractivity contribution in [1.82, 2.24) is 0 Å². The Kier molecular flexibility index (Phi) is 3.55. The second-order valence-corrected chi connectivity index (χ2v) is 5.19. The summed E-state index contributed by atoms with van der Waals surface area (Å²) in [7, 11) is 0. The summed E-state index contributed by atoms with van der Waals surface area (Å²) in [5.74, 6) is 0.362. The molecule has 102 valence electrons. The monoisotopic (exact) mass is 266 g/mol. The fourth-order valence-corrected chi connectivity index (χ4v) is 2.63. The number of ether oxygens (including phenoxy) is 1. The Bertz CT molecular complexity index is 587. The van der Waals surface area contributed by atoms with Gasteiger partial charge in [0.1, 0.15) is 0 Å². The largest absolute Gasteiger partial charge is 0.466 e. The van der Waals surface area contributed by atoms with Gasteiger partial charge in [-0.2, -0.15) is 0 Å². The second kappa shape index (κ2) is 5.49. The molecule has 3 rings (SSSR count). The summed E-state index contributed by atoms with van der Waals surface area (Å²) in [6, 6.07) is 18.8.